The average Bonchev–Trinajstić information content (AvgIpc) is 3.18. The third-order valence-electron chi connectivity index (χ3n) is 13.6. The summed E-state index contributed by atoms with van der Waals surface area (Å²) in [5.74, 6) is 0.472. The van der Waals surface area contributed by atoms with Crippen LogP contribution in [0, 0.1) is 17.8 Å². The number of carbonyl (C=O) groups excluding carboxylic acids is 1. The Morgan fingerprint density at radius 3 is 2.56 bits per heavy atom. The van der Waals surface area contributed by atoms with Gasteiger partial charge in [-0.05, 0) is 119 Å². The maximum absolute atomic E-state index is 13.7. The van der Waals surface area contributed by atoms with Crippen molar-refractivity contribution in [1.29, 1.82) is 0 Å². The molecule has 2 aromatic rings. The highest BCUT2D eigenvalue weighted by molar-refractivity contribution is 7.90. The molecule has 1 N–H and O–H groups in total. The highest BCUT2D eigenvalue weighted by Crippen LogP contribution is 2.47. The number of halogens is 1. The number of benzene rings is 2. The molecule has 6 atom stereocenters. The molecule has 0 radical (unpaired) electrons. The Morgan fingerprint density at radius 1 is 0.982 bits per heavy atom. The van der Waals surface area contributed by atoms with E-state index in [9.17, 15) is 13.2 Å². The number of nitrogens with one attached hydrogen (secondary N) is 1. The number of sulfonamides is 1. The van der Waals surface area contributed by atoms with Crippen LogP contribution in [0.1, 0.15) is 81.3 Å². The number of hydrogen-bond acceptors (Lipinski definition) is 9. The molecule has 5 aliphatic rings. The standard InChI is InChI=1S/C43H62ClN5O5S/c1-30(2)48-22-21-47-20-19-46(26-38(47)27-48)29-43(53-5)17-8-9-31(3)32(4)55(51,52)45-42(50)34-13-16-41-40(24-34)49(25-35-12-15-39(35)43)18-7-6-10-33-23-37(44)14-11-36(33)28-54-41/h8,11,13-14,16-17,23-24,30-32,35,38-39H,6-7,9-10,12,15,18-22,25-29H2,1-5H3,(H,45,50)/b17-8+/t31-,32+,35-,38?,39+,43+/m0/s1. The van der Waals surface area contributed by atoms with Crippen molar-refractivity contribution in [3.63, 3.8) is 0 Å². The smallest absolute Gasteiger partial charge is 0.264 e. The molecular formula is C43H62ClN5O5S. The molecule has 55 heavy (non-hydrogen) atoms. The molecule has 302 valence electrons. The van der Waals surface area contributed by atoms with Crippen LogP contribution in [0.5, 0.6) is 5.75 Å². The van der Waals surface area contributed by atoms with E-state index in [-0.39, 0.29) is 11.8 Å². The van der Waals surface area contributed by atoms with Gasteiger partial charge in [0.05, 0.1) is 10.9 Å². The normalized spacial score (nSPS) is 31.8. The van der Waals surface area contributed by atoms with E-state index in [2.05, 4.69) is 50.3 Å². The quantitative estimate of drug-likeness (QED) is 0.362. The predicted molar refractivity (Wildman–Crippen MR) is 221 cm³/mol. The molecule has 2 bridgehead atoms. The van der Waals surface area contributed by atoms with Gasteiger partial charge in [-0.3, -0.25) is 19.5 Å². The van der Waals surface area contributed by atoms with Crippen LogP contribution < -0.4 is 14.4 Å². The minimum atomic E-state index is -3.96. The van der Waals surface area contributed by atoms with E-state index in [0.29, 0.717) is 42.3 Å². The Hall–Kier alpha value is -2.67. The lowest BCUT2D eigenvalue weighted by atomic mass is 9.63. The van der Waals surface area contributed by atoms with E-state index < -0.39 is 26.8 Å². The lowest BCUT2D eigenvalue weighted by Gasteiger charge is -2.53. The zero-order chi connectivity index (χ0) is 38.9. The lowest BCUT2D eigenvalue weighted by molar-refractivity contribution is -0.102. The van der Waals surface area contributed by atoms with Crippen molar-refractivity contribution >= 4 is 33.2 Å². The fraction of sp³-hybridized carbons (Fsp3) is 0.651. The first-order valence-corrected chi connectivity index (χ1v) is 22.6. The number of carbonyl (C=O) groups is 1. The molecule has 0 spiro atoms. The van der Waals surface area contributed by atoms with Crippen LogP contribution in [0.15, 0.2) is 48.6 Å². The molecule has 1 aliphatic carbocycles. The number of methoxy groups -OCH3 is 1. The molecule has 1 saturated carbocycles. The summed E-state index contributed by atoms with van der Waals surface area (Å²) in [5.41, 5.74) is 2.89. The summed E-state index contributed by atoms with van der Waals surface area (Å²) in [6.45, 7) is 17.4. The highest BCUT2D eigenvalue weighted by atomic mass is 35.5. The molecule has 1 amide bonds. The zero-order valence-corrected chi connectivity index (χ0v) is 35.1. The fourth-order valence-electron chi connectivity index (χ4n) is 9.64. The summed E-state index contributed by atoms with van der Waals surface area (Å²) >= 11 is 6.43. The Bertz CT molecular complexity index is 1820. The Labute approximate surface area is 334 Å². The summed E-state index contributed by atoms with van der Waals surface area (Å²) in [7, 11) is -2.09. The van der Waals surface area contributed by atoms with Gasteiger partial charge in [0.1, 0.15) is 18.0 Å². The number of piperazine rings is 2. The van der Waals surface area contributed by atoms with Gasteiger partial charge in [-0.15, -0.1) is 0 Å². The van der Waals surface area contributed by atoms with E-state index in [4.69, 9.17) is 21.1 Å². The van der Waals surface area contributed by atoms with Crippen LogP contribution in [0.3, 0.4) is 0 Å². The Morgan fingerprint density at radius 2 is 1.80 bits per heavy atom. The lowest BCUT2D eigenvalue weighted by Crippen LogP contribution is -2.65. The molecule has 12 heteroatoms. The number of rotatable bonds is 4. The number of ether oxygens (including phenoxy) is 2. The average molecular weight is 797 g/mol. The molecule has 4 heterocycles. The summed E-state index contributed by atoms with van der Waals surface area (Å²) in [5, 5.41) is -0.0572. The molecule has 3 fully saturated rings. The van der Waals surface area contributed by atoms with E-state index in [1.165, 1.54) is 5.56 Å². The number of allylic oxidation sites excluding steroid dienone is 1. The first-order valence-electron chi connectivity index (χ1n) is 20.6. The van der Waals surface area contributed by atoms with Gasteiger partial charge in [0, 0.05) is 88.7 Å². The van der Waals surface area contributed by atoms with Gasteiger partial charge in [-0.25, -0.2) is 13.1 Å². The Balaban J connectivity index is 1.23. The molecular weight excluding hydrogens is 734 g/mol. The number of nitrogens with zero attached hydrogens (tertiary/aromatic N) is 4. The first-order chi connectivity index (χ1) is 26.4. The van der Waals surface area contributed by atoms with Crippen molar-refractivity contribution in [2.45, 2.75) is 95.8 Å². The molecule has 2 saturated heterocycles. The first kappa shape index (κ1) is 40.5. The number of amides is 1. The van der Waals surface area contributed by atoms with Crippen molar-refractivity contribution < 1.29 is 22.7 Å². The van der Waals surface area contributed by atoms with Gasteiger partial charge in [0.25, 0.3) is 5.91 Å². The van der Waals surface area contributed by atoms with E-state index in [0.717, 1.165) is 107 Å². The minimum Gasteiger partial charge on any atom is -0.487 e. The summed E-state index contributed by atoms with van der Waals surface area (Å²) in [6.07, 6.45) is 9.97. The maximum atomic E-state index is 13.7. The third kappa shape index (κ3) is 8.92. The largest absolute Gasteiger partial charge is 0.487 e. The molecule has 1 unspecified atom stereocenters. The topological polar surface area (TPSA) is 94.7 Å². The van der Waals surface area contributed by atoms with E-state index >= 15 is 0 Å². The van der Waals surface area contributed by atoms with Crippen LogP contribution in [-0.4, -0.2) is 118 Å². The predicted octanol–water partition coefficient (Wildman–Crippen LogP) is 6.23. The van der Waals surface area contributed by atoms with Gasteiger partial charge in [0.2, 0.25) is 10.0 Å². The van der Waals surface area contributed by atoms with Crippen LogP contribution in [-0.2, 0) is 27.8 Å². The third-order valence-corrected chi connectivity index (χ3v) is 15.7. The van der Waals surface area contributed by atoms with Crippen molar-refractivity contribution in [1.82, 2.24) is 19.4 Å². The molecule has 0 aromatic heterocycles. The molecule has 4 aliphatic heterocycles. The Kier molecular flexibility index (Phi) is 12.6. The van der Waals surface area contributed by atoms with Crippen LogP contribution >= 0.6 is 11.6 Å². The van der Waals surface area contributed by atoms with Gasteiger partial charge < -0.3 is 14.4 Å². The highest BCUT2D eigenvalue weighted by Gasteiger charge is 2.49. The molecule has 2 aromatic carbocycles. The van der Waals surface area contributed by atoms with Gasteiger partial charge >= 0.3 is 0 Å². The summed E-state index contributed by atoms with van der Waals surface area (Å²) in [4.78, 5) is 24.0. The second kappa shape index (κ2) is 17.0. The minimum absolute atomic E-state index is 0.219. The van der Waals surface area contributed by atoms with Gasteiger partial charge in [-0.2, -0.15) is 0 Å². The SMILES string of the molecule is CO[C@@]1(CN2CCN3CCN(C(C)C)CC3C2)/C=C/C[C@H](C)[C@@H](C)S(=O)(=O)NC(=O)c2ccc3c(c2)N(CCCCc2cc(Cl)ccc2CO3)C[C@@H]2CC[C@H]21. The van der Waals surface area contributed by atoms with Crippen LogP contribution in [0.2, 0.25) is 5.02 Å². The zero-order valence-electron chi connectivity index (χ0n) is 33.5. The van der Waals surface area contributed by atoms with E-state index in [1.807, 2.05) is 44.4 Å². The van der Waals surface area contributed by atoms with Crippen molar-refractivity contribution in [2.75, 3.05) is 70.9 Å². The fourth-order valence-corrected chi connectivity index (χ4v) is 11.1. The van der Waals surface area contributed by atoms with Crippen LogP contribution in [0.4, 0.5) is 5.69 Å². The summed E-state index contributed by atoms with van der Waals surface area (Å²) < 4.78 is 43.1. The molecule has 10 nitrogen and oxygen atoms in total. The van der Waals surface area contributed by atoms with Gasteiger partial charge in [0.15, 0.2) is 0 Å². The second-order valence-electron chi connectivity index (χ2n) is 17.2. The van der Waals surface area contributed by atoms with Gasteiger partial charge in [-0.1, -0.05) is 36.7 Å². The second-order valence-corrected chi connectivity index (χ2v) is 19.7. The van der Waals surface area contributed by atoms with Crippen molar-refractivity contribution in [3.05, 3.63) is 70.3 Å². The maximum Gasteiger partial charge on any atom is 0.264 e. The van der Waals surface area contributed by atoms with E-state index in [1.54, 1.807) is 13.0 Å². The van der Waals surface area contributed by atoms with Crippen molar-refractivity contribution in [3.8, 4) is 5.75 Å². The number of fused-ring (bicyclic) bond motifs is 4. The number of hydrogen-bond donors (Lipinski definition) is 1. The van der Waals surface area contributed by atoms with Crippen molar-refractivity contribution in [2.24, 2.45) is 17.8 Å². The number of anilines is 1. The monoisotopic (exact) mass is 795 g/mol. The summed E-state index contributed by atoms with van der Waals surface area (Å²) in [6, 6.07) is 12.4. The van der Waals surface area contributed by atoms with Crippen LogP contribution in [0.25, 0.3) is 0 Å². The molecule has 7 rings (SSSR count). The number of aryl methyl sites for hydroxylation is 1.